The van der Waals surface area contributed by atoms with E-state index < -0.39 is 33.4 Å². The third kappa shape index (κ3) is 4.62. The summed E-state index contributed by atoms with van der Waals surface area (Å²) in [6.07, 6.45) is 0.563. The van der Waals surface area contributed by atoms with Crippen molar-refractivity contribution in [3.05, 3.63) is 69.8 Å². The number of rotatable bonds is 5. The maximum absolute atomic E-state index is 13.1. The van der Waals surface area contributed by atoms with Crippen molar-refractivity contribution in [2.24, 2.45) is 5.92 Å². The van der Waals surface area contributed by atoms with Gasteiger partial charge in [0.2, 0.25) is 10.0 Å². The zero-order chi connectivity index (χ0) is 23.8. The summed E-state index contributed by atoms with van der Waals surface area (Å²) >= 11 is 0. The Morgan fingerprint density at radius 2 is 1.85 bits per heavy atom. The molecule has 8 nitrogen and oxygen atoms in total. The van der Waals surface area contributed by atoms with E-state index in [0.717, 1.165) is 12.1 Å². The molecule has 0 saturated carbocycles. The van der Waals surface area contributed by atoms with Crippen molar-refractivity contribution in [2.75, 3.05) is 13.1 Å². The van der Waals surface area contributed by atoms with Gasteiger partial charge in [-0.25, -0.2) is 17.6 Å². The van der Waals surface area contributed by atoms with Gasteiger partial charge >= 0.3 is 11.6 Å². The highest BCUT2D eigenvalue weighted by Crippen LogP contribution is 2.29. The summed E-state index contributed by atoms with van der Waals surface area (Å²) < 4.78 is 50.4. The number of phenolic OH excluding ortho intramolecular Hbond substituents is 1. The molecule has 1 saturated heterocycles. The van der Waals surface area contributed by atoms with Gasteiger partial charge < -0.3 is 14.3 Å². The third-order valence-corrected chi connectivity index (χ3v) is 7.74. The van der Waals surface area contributed by atoms with Gasteiger partial charge in [0, 0.05) is 35.7 Å². The molecule has 2 heterocycles. The number of piperidine rings is 1. The van der Waals surface area contributed by atoms with Crippen molar-refractivity contribution in [3.8, 4) is 5.75 Å². The number of halogens is 1. The van der Waals surface area contributed by atoms with Crippen LogP contribution in [0.5, 0.6) is 5.75 Å². The van der Waals surface area contributed by atoms with Crippen LogP contribution in [-0.2, 0) is 26.2 Å². The maximum Gasteiger partial charge on any atom is 0.336 e. The lowest BCUT2D eigenvalue weighted by atomic mass is 9.98. The second-order valence-corrected chi connectivity index (χ2v) is 9.85. The Labute approximate surface area is 189 Å². The van der Waals surface area contributed by atoms with Gasteiger partial charge in [-0.3, -0.25) is 4.79 Å². The molecule has 174 valence electrons. The molecule has 1 aliphatic heterocycles. The first kappa shape index (κ1) is 22.9. The number of aryl methyl sites for hydroxylation is 1. The van der Waals surface area contributed by atoms with E-state index in [4.69, 9.17) is 9.15 Å². The molecule has 1 N–H and O–H groups in total. The van der Waals surface area contributed by atoms with E-state index >= 15 is 0 Å². The minimum absolute atomic E-state index is 0.000966. The van der Waals surface area contributed by atoms with E-state index in [-0.39, 0.29) is 48.8 Å². The molecule has 1 aromatic heterocycles. The highest BCUT2D eigenvalue weighted by Gasteiger charge is 2.33. The van der Waals surface area contributed by atoms with E-state index in [1.165, 1.54) is 28.6 Å². The number of phenols is 1. The Morgan fingerprint density at radius 3 is 2.52 bits per heavy atom. The lowest BCUT2D eigenvalue weighted by molar-refractivity contribution is -0.151. The minimum Gasteiger partial charge on any atom is -0.508 e. The highest BCUT2D eigenvalue weighted by atomic mass is 32.2. The largest absolute Gasteiger partial charge is 0.508 e. The molecule has 0 radical (unpaired) electrons. The average molecular weight is 475 g/mol. The van der Waals surface area contributed by atoms with Crippen LogP contribution in [0.15, 0.2) is 56.6 Å². The van der Waals surface area contributed by atoms with Crippen molar-refractivity contribution >= 4 is 27.0 Å². The number of ether oxygens (including phenoxy) is 1. The van der Waals surface area contributed by atoms with Crippen molar-refractivity contribution in [1.82, 2.24) is 4.31 Å². The lowest BCUT2D eigenvalue weighted by Gasteiger charge is -2.30. The van der Waals surface area contributed by atoms with Crippen LogP contribution in [0.4, 0.5) is 4.39 Å². The molecule has 1 aliphatic rings. The standard InChI is InChI=1S/C23H22FNO7S/c1-14-20(26)7-6-19-16(12-21(27)32-22(14)19)13-31-23(28)15-8-10-25(11-9-15)33(29,30)18-4-2-17(24)3-5-18/h2-7,12,15,26H,8-11,13H2,1H3. The molecule has 33 heavy (non-hydrogen) atoms. The monoisotopic (exact) mass is 475 g/mol. The minimum atomic E-state index is -3.77. The summed E-state index contributed by atoms with van der Waals surface area (Å²) in [6, 6.07) is 8.91. The molecular formula is C23H22FNO7S. The van der Waals surface area contributed by atoms with Crippen LogP contribution >= 0.6 is 0 Å². The molecule has 4 rings (SSSR count). The molecule has 3 aromatic rings. The Hall–Kier alpha value is -3.24. The predicted octanol–water partition coefficient (Wildman–Crippen LogP) is 3.09. The number of benzene rings is 2. The normalized spacial score (nSPS) is 15.6. The zero-order valence-corrected chi connectivity index (χ0v) is 18.6. The van der Waals surface area contributed by atoms with Gasteiger partial charge in [0.05, 0.1) is 10.8 Å². The summed E-state index contributed by atoms with van der Waals surface area (Å²) in [7, 11) is -3.77. The molecular weight excluding hydrogens is 453 g/mol. The second kappa shape index (κ2) is 8.95. The summed E-state index contributed by atoms with van der Waals surface area (Å²) in [5.41, 5.74) is 0.468. The van der Waals surface area contributed by atoms with Gasteiger partial charge in [-0.15, -0.1) is 0 Å². The van der Waals surface area contributed by atoms with Gasteiger partial charge in [-0.05, 0) is 56.2 Å². The third-order valence-electron chi connectivity index (χ3n) is 5.83. The first-order valence-corrected chi connectivity index (χ1v) is 11.8. The van der Waals surface area contributed by atoms with Gasteiger partial charge in [0.25, 0.3) is 0 Å². The molecule has 0 atom stereocenters. The molecule has 0 aliphatic carbocycles. The van der Waals surface area contributed by atoms with E-state index in [1.807, 2.05) is 0 Å². The number of hydrogen-bond donors (Lipinski definition) is 1. The molecule has 10 heteroatoms. The van der Waals surface area contributed by atoms with Gasteiger partial charge in [-0.1, -0.05) is 0 Å². The van der Waals surface area contributed by atoms with E-state index in [2.05, 4.69) is 0 Å². The van der Waals surface area contributed by atoms with Crippen LogP contribution in [0, 0.1) is 18.7 Å². The molecule has 0 spiro atoms. The number of sulfonamides is 1. The Bertz CT molecular complexity index is 1360. The Morgan fingerprint density at radius 1 is 1.18 bits per heavy atom. The number of esters is 1. The van der Waals surface area contributed by atoms with Gasteiger partial charge in [0.15, 0.2) is 0 Å². The van der Waals surface area contributed by atoms with Crippen LogP contribution < -0.4 is 5.63 Å². The number of carbonyl (C=O) groups is 1. The number of aromatic hydroxyl groups is 1. The fraction of sp³-hybridized carbons (Fsp3) is 0.304. The highest BCUT2D eigenvalue weighted by molar-refractivity contribution is 7.89. The first-order valence-electron chi connectivity index (χ1n) is 10.3. The lowest BCUT2D eigenvalue weighted by Crippen LogP contribution is -2.40. The molecule has 2 aromatic carbocycles. The van der Waals surface area contributed by atoms with Crippen LogP contribution in [0.2, 0.25) is 0 Å². The van der Waals surface area contributed by atoms with Crippen molar-refractivity contribution < 1.29 is 31.9 Å². The zero-order valence-electron chi connectivity index (χ0n) is 17.8. The fourth-order valence-electron chi connectivity index (χ4n) is 3.89. The topological polar surface area (TPSA) is 114 Å². The SMILES string of the molecule is Cc1c(O)ccc2c(COC(=O)C3CCN(S(=O)(=O)c4ccc(F)cc4)CC3)cc(=O)oc12. The second-order valence-electron chi connectivity index (χ2n) is 7.92. The van der Waals surface area contributed by atoms with E-state index in [0.29, 0.717) is 16.5 Å². The summed E-state index contributed by atoms with van der Waals surface area (Å²) in [5, 5.41) is 10.4. The smallest absolute Gasteiger partial charge is 0.336 e. The fourth-order valence-corrected chi connectivity index (χ4v) is 5.36. The molecule has 1 fully saturated rings. The summed E-state index contributed by atoms with van der Waals surface area (Å²) in [4.78, 5) is 24.5. The Kier molecular flexibility index (Phi) is 6.22. The quantitative estimate of drug-likeness (QED) is 0.446. The first-order chi connectivity index (χ1) is 15.7. The van der Waals surface area contributed by atoms with Crippen LogP contribution in [0.25, 0.3) is 11.0 Å². The van der Waals surface area contributed by atoms with E-state index in [1.54, 1.807) is 13.0 Å². The number of carbonyl (C=O) groups excluding carboxylic acids is 1. The van der Waals surface area contributed by atoms with Gasteiger partial charge in [0.1, 0.15) is 23.8 Å². The number of hydrogen-bond acceptors (Lipinski definition) is 7. The van der Waals surface area contributed by atoms with Crippen LogP contribution in [0.3, 0.4) is 0 Å². The summed E-state index contributed by atoms with van der Waals surface area (Å²) in [6.45, 7) is 1.73. The van der Waals surface area contributed by atoms with E-state index in [9.17, 15) is 27.5 Å². The van der Waals surface area contributed by atoms with Crippen molar-refractivity contribution in [3.63, 3.8) is 0 Å². The van der Waals surface area contributed by atoms with Crippen molar-refractivity contribution in [1.29, 1.82) is 0 Å². The molecule has 0 bridgehead atoms. The van der Waals surface area contributed by atoms with Crippen molar-refractivity contribution in [2.45, 2.75) is 31.3 Å². The number of fused-ring (bicyclic) bond motifs is 1. The average Bonchev–Trinajstić information content (AvgIpc) is 2.80. The van der Waals surface area contributed by atoms with Gasteiger partial charge in [-0.2, -0.15) is 4.31 Å². The van der Waals surface area contributed by atoms with Crippen LogP contribution in [0.1, 0.15) is 24.0 Å². The predicted molar refractivity (Wildman–Crippen MR) is 117 cm³/mol. The molecule has 0 unspecified atom stereocenters. The number of nitrogens with zero attached hydrogens (tertiary/aromatic N) is 1. The van der Waals surface area contributed by atoms with Crippen LogP contribution in [-0.4, -0.2) is 36.9 Å². The Balaban J connectivity index is 1.41. The summed E-state index contributed by atoms with van der Waals surface area (Å²) in [5.74, 6) is -1.50. The molecule has 0 amide bonds. The maximum atomic E-state index is 13.1.